The number of hydrogen-bond donors (Lipinski definition) is 1. The summed E-state index contributed by atoms with van der Waals surface area (Å²) in [6.07, 6.45) is 5.74. The van der Waals surface area contributed by atoms with Gasteiger partial charge in [-0.3, -0.25) is 4.98 Å². The third-order valence-corrected chi connectivity index (χ3v) is 3.00. The fourth-order valence-corrected chi connectivity index (χ4v) is 2.17. The lowest BCUT2D eigenvalue weighted by Gasteiger charge is -2.09. The van der Waals surface area contributed by atoms with Crippen molar-refractivity contribution in [1.82, 2.24) is 4.98 Å². The van der Waals surface area contributed by atoms with E-state index in [9.17, 15) is 0 Å². The third kappa shape index (κ3) is 2.64. The lowest BCUT2D eigenvalue weighted by molar-refractivity contribution is 0.560. The van der Waals surface area contributed by atoms with E-state index in [0.29, 0.717) is 11.6 Å². The van der Waals surface area contributed by atoms with Crippen LogP contribution in [0.15, 0.2) is 39.7 Å². The maximum atomic E-state index is 6.03. The molecular weight excluding hydrogens is 291 g/mol. The molecule has 0 fully saturated rings. The molecule has 2 aromatic rings. The average Bonchev–Trinajstić information content (AvgIpc) is 2.64. The Balaban J connectivity index is 2.14. The molecule has 0 spiro atoms. The molecule has 2 heterocycles. The van der Waals surface area contributed by atoms with Gasteiger partial charge in [0.2, 0.25) is 0 Å². The average molecular weight is 302 g/mol. The van der Waals surface area contributed by atoms with Crippen molar-refractivity contribution in [2.45, 2.75) is 12.5 Å². The van der Waals surface area contributed by atoms with Gasteiger partial charge in [-0.1, -0.05) is 0 Å². The zero-order valence-electron chi connectivity index (χ0n) is 8.36. The Bertz CT molecular complexity index is 486. The van der Waals surface area contributed by atoms with Crippen LogP contribution in [0.3, 0.4) is 0 Å². The van der Waals surface area contributed by atoms with Gasteiger partial charge < -0.3 is 10.2 Å². The SMILES string of the molecule is NC(Cc1cncc(Br)c1)c1ccoc1Cl. The fourth-order valence-electron chi connectivity index (χ4n) is 1.50. The van der Waals surface area contributed by atoms with Gasteiger partial charge in [0.1, 0.15) is 0 Å². The van der Waals surface area contributed by atoms with Crippen molar-refractivity contribution in [3.63, 3.8) is 0 Å². The van der Waals surface area contributed by atoms with Crippen LogP contribution in [0.5, 0.6) is 0 Å². The highest BCUT2D eigenvalue weighted by atomic mass is 79.9. The molecule has 5 heteroatoms. The smallest absolute Gasteiger partial charge is 0.197 e. The first-order chi connectivity index (χ1) is 7.66. The molecule has 1 unspecified atom stereocenters. The molecule has 0 aromatic carbocycles. The number of furan rings is 1. The summed E-state index contributed by atoms with van der Waals surface area (Å²) in [7, 11) is 0. The maximum Gasteiger partial charge on any atom is 0.197 e. The molecule has 0 aliphatic carbocycles. The van der Waals surface area contributed by atoms with Gasteiger partial charge in [0.05, 0.1) is 6.26 Å². The summed E-state index contributed by atoms with van der Waals surface area (Å²) in [6.45, 7) is 0. The van der Waals surface area contributed by atoms with Crippen LogP contribution >= 0.6 is 27.5 Å². The van der Waals surface area contributed by atoms with E-state index in [4.69, 9.17) is 21.8 Å². The van der Waals surface area contributed by atoms with Crippen molar-refractivity contribution in [3.05, 3.63) is 51.6 Å². The highest BCUT2D eigenvalue weighted by molar-refractivity contribution is 9.10. The zero-order chi connectivity index (χ0) is 11.5. The van der Waals surface area contributed by atoms with Crippen LogP contribution in [0, 0.1) is 0 Å². The van der Waals surface area contributed by atoms with Gasteiger partial charge in [0.15, 0.2) is 5.22 Å². The van der Waals surface area contributed by atoms with Crippen LogP contribution in [0.25, 0.3) is 0 Å². The third-order valence-electron chi connectivity index (χ3n) is 2.26. The standard InChI is InChI=1S/C11H10BrClN2O/c12-8-3-7(5-15-6-8)4-10(14)9-1-2-16-11(9)13/h1-3,5-6,10H,4,14H2. The molecule has 0 amide bonds. The second-order valence-corrected chi connectivity index (χ2v) is 4.73. The lowest BCUT2D eigenvalue weighted by Crippen LogP contribution is -2.13. The van der Waals surface area contributed by atoms with Crippen molar-refractivity contribution in [1.29, 1.82) is 0 Å². The van der Waals surface area contributed by atoms with E-state index in [0.717, 1.165) is 15.6 Å². The van der Waals surface area contributed by atoms with Gasteiger partial charge in [0, 0.05) is 28.5 Å². The van der Waals surface area contributed by atoms with Crippen molar-refractivity contribution >= 4 is 27.5 Å². The minimum Gasteiger partial charge on any atom is -0.453 e. The second-order valence-electron chi connectivity index (χ2n) is 3.47. The van der Waals surface area contributed by atoms with E-state index >= 15 is 0 Å². The van der Waals surface area contributed by atoms with Crippen molar-refractivity contribution < 1.29 is 4.42 Å². The molecule has 0 saturated heterocycles. The first-order valence-electron chi connectivity index (χ1n) is 4.74. The molecule has 84 valence electrons. The Hall–Kier alpha value is -0.840. The van der Waals surface area contributed by atoms with Crippen molar-refractivity contribution in [2.75, 3.05) is 0 Å². The Morgan fingerprint density at radius 1 is 1.50 bits per heavy atom. The van der Waals surface area contributed by atoms with Gasteiger partial charge in [-0.05, 0) is 51.6 Å². The molecule has 0 saturated carbocycles. The summed E-state index contributed by atoms with van der Waals surface area (Å²) < 4.78 is 5.95. The van der Waals surface area contributed by atoms with Crippen LogP contribution in [0.4, 0.5) is 0 Å². The molecule has 2 aromatic heterocycles. The number of pyridine rings is 1. The number of rotatable bonds is 3. The molecule has 2 rings (SSSR count). The van der Waals surface area contributed by atoms with E-state index < -0.39 is 0 Å². The Labute approximate surface area is 107 Å². The second kappa shape index (κ2) is 4.99. The van der Waals surface area contributed by atoms with Crippen LogP contribution in [0.2, 0.25) is 5.22 Å². The molecule has 2 N–H and O–H groups in total. The Morgan fingerprint density at radius 3 is 2.94 bits per heavy atom. The summed E-state index contributed by atoms with van der Waals surface area (Å²) in [5.41, 5.74) is 7.91. The number of nitrogens with two attached hydrogens (primary N) is 1. The normalized spacial score (nSPS) is 12.7. The first-order valence-corrected chi connectivity index (χ1v) is 5.92. The zero-order valence-corrected chi connectivity index (χ0v) is 10.7. The van der Waals surface area contributed by atoms with E-state index in [-0.39, 0.29) is 6.04 Å². The van der Waals surface area contributed by atoms with Crippen LogP contribution in [0.1, 0.15) is 17.2 Å². The van der Waals surface area contributed by atoms with E-state index in [2.05, 4.69) is 20.9 Å². The van der Waals surface area contributed by atoms with Gasteiger partial charge in [-0.2, -0.15) is 0 Å². The van der Waals surface area contributed by atoms with Crippen molar-refractivity contribution in [3.8, 4) is 0 Å². The number of halogens is 2. The molecule has 0 bridgehead atoms. The largest absolute Gasteiger partial charge is 0.453 e. The summed E-state index contributed by atoms with van der Waals surface area (Å²) in [6, 6.07) is 3.60. The molecule has 0 aliphatic rings. The Morgan fingerprint density at radius 2 is 2.31 bits per heavy atom. The monoisotopic (exact) mass is 300 g/mol. The van der Waals surface area contributed by atoms with E-state index in [1.54, 1.807) is 18.5 Å². The van der Waals surface area contributed by atoms with Gasteiger partial charge in [-0.25, -0.2) is 0 Å². The van der Waals surface area contributed by atoms with Gasteiger partial charge in [-0.15, -0.1) is 0 Å². The van der Waals surface area contributed by atoms with Crippen molar-refractivity contribution in [2.24, 2.45) is 5.73 Å². The molecule has 0 radical (unpaired) electrons. The topological polar surface area (TPSA) is 52.0 Å². The summed E-state index contributed by atoms with van der Waals surface area (Å²) in [4.78, 5) is 4.08. The highest BCUT2D eigenvalue weighted by Crippen LogP contribution is 2.25. The first kappa shape index (κ1) is 11.6. The minimum atomic E-state index is -0.178. The van der Waals surface area contributed by atoms with E-state index in [1.807, 2.05) is 6.07 Å². The van der Waals surface area contributed by atoms with Gasteiger partial charge >= 0.3 is 0 Å². The predicted octanol–water partition coefficient (Wildman–Crippen LogP) is 3.33. The molecule has 3 nitrogen and oxygen atoms in total. The maximum absolute atomic E-state index is 6.03. The number of hydrogen-bond acceptors (Lipinski definition) is 3. The summed E-state index contributed by atoms with van der Waals surface area (Å²) in [5.74, 6) is 0. The van der Waals surface area contributed by atoms with Crippen LogP contribution in [-0.4, -0.2) is 4.98 Å². The quantitative estimate of drug-likeness (QED) is 0.946. The lowest BCUT2D eigenvalue weighted by atomic mass is 10.0. The fraction of sp³-hybridized carbons (Fsp3) is 0.182. The molecule has 1 atom stereocenters. The van der Waals surface area contributed by atoms with E-state index in [1.165, 1.54) is 6.26 Å². The highest BCUT2D eigenvalue weighted by Gasteiger charge is 2.13. The Kier molecular flexibility index (Phi) is 3.63. The predicted molar refractivity (Wildman–Crippen MR) is 66.3 cm³/mol. The van der Waals surface area contributed by atoms with Gasteiger partial charge in [0.25, 0.3) is 0 Å². The molecule has 0 aliphatic heterocycles. The molecular formula is C11H10BrClN2O. The summed E-state index contributed by atoms with van der Waals surface area (Å²) >= 11 is 9.23. The number of nitrogens with zero attached hydrogens (tertiary/aromatic N) is 1. The van der Waals surface area contributed by atoms with Crippen LogP contribution < -0.4 is 5.73 Å². The molecule has 16 heavy (non-hydrogen) atoms. The summed E-state index contributed by atoms with van der Waals surface area (Å²) in [5, 5.41) is 0.357. The number of aromatic nitrogens is 1. The van der Waals surface area contributed by atoms with Crippen LogP contribution in [-0.2, 0) is 6.42 Å². The minimum absolute atomic E-state index is 0.178.